The Morgan fingerprint density at radius 3 is 2.20 bits per heavy atom. The molecule has 0 aromatic heterocycles. The van der Waals surface area contributed by atoms with Crippen LogP contribution < -0.4 is 5.32 Å². The maximum Gasteiger partial charge on any atom is 0.350 e. The fraction of sp³-hybridized carbons (Fsp3) is 0.158. The molecule has 0 amide bonds. The zero-order valence-corrected chi connectivity index (χ0v) is 14.6. The zero-order valence-electron chi connectivity index (χ0n) is 13.8. The maximum absolute atomic E-state index is 12.0. The normalized spacial score (nSPS) is 16.0. The molecule has 128 valence electrons. The predicted octanol–water partition coefficient (Wildman–Crippen LogP) is 3.97. The standard InChI is InChI=1S/C19H17NO4S/c1-19(2)23-17(21)14(18(22)24-19)12-20-15-10-6-7-11-16(15)25-13-8-4-3-5-9-13/h3-12,20H,1-2H3. The summed E-state index contributed by atoms with van der Waals surface area (Å²) in [5.41, 5.74) is 0.605. The van der Waals surface area contributed by atoms with E-state index in [-0.39, 0.29) is 5.57 Å². The average molecular weight is 355 g/mol. The topological polar surface area (TPSA) is 64.6 Å². The number of esters is 2. The van der Waals surface area contributed by atoms with Gasteiger partial charge in [0.2, 0.25) is 0 Å². The first-order valence-electron chi connectivity index (χ1n) is 7.70. The van der Waals surface area contributed by atoms with Gasteiger partial charge in [0.05, 0.1) is 5.69 Å². The van der Waals surface area contributed by atoms with E-state index < -0.39 is 17.7 Å². The minimum absolute atomic E-state index is 0.168. The third-order valence-corrected chi connectivity index (χ3v) is 4.43. The molecule has 0 spiro atoms. The van der Waals surface area contributed by atoms with Gasteiger partial charge in [-0.2, -0.15) is 0 Å². The Labute approximate surface area is 150 Å². The molecule has 0 aliphatic carbocycles. The Balaban J connectivity index is 1.80. The van der Waals surface area contributed by atoms with E-state index in [2.05, 4.69) is 5.32 Å². The minimum atomic E-state index is -1.24. The van der Waals surface area contributed by atoms with Gasteiger partial charge in [0.25, 0.3) is 5.79 Å². The van der Waals surface area contributed by atoms with Crippen LogP contribution in [0.5, 0.6) is 0 Å². The number of rotatable bonds is 4. The van der Waals surface area contributed by atoms with Crippen molar-refractivity contribution in [2.45, 2.75) is 29.4 Å². The molecule has 1 aliphatic rings. The van der Waals surface area contributed by atoms with Gasteiger partial charge < -0.3 is 14.8 Å². The Bertz CT molecular complexity index is 808. The van der Waals surface area contributed by atoms with Gasteiger partial charge in [-0.15, -0.1) is 0 Å². The fourth-order valence-electron chi connectivity index (χ4n) is 2.22. The van der Waals surface area contributed by atoms with Crippen molar-refractivity contribution in [3.63, 3.8) is 0 Å². The summed E-state index contributed by atoms with van der Waals surface area (Å²) >= 11 is 1.58. The Kier molecular flexibility index (Phi) is 4.81. The van der Waals surface area contributed by atoms with Crippen LogP contribution >= 0.6 is 11.8 Å². The van der Waals surface area contributed by atoms with Crippen LogP contribution in [0.2, 0.25) is 0 Å². The molecule has 1 aliphatic heterocycles. The highest BCUT2D eigenvalue weighted by molar-refractivity contribution is 7.99. The number of cyclic esters (lactones) is 2. The summed E-state index contributed by atoms with van der Waals surface area (Å²) in [5, 5.41) is 3.01. The number of carbonyl (C=O) groups is 2. The lowest BCUT2D eigenvalue weighted by Gasteiger charge is -2.29. The van der Waals surface area contributed by atoms with Gasteiger partial charge in [0.1, 0.15) is 0 Å². The van der Waals surface area contributed by atoms with Crippen molar-refractivity contribution >= 4 is 29.4 Å². The average Bonchev–Trinajstić information content (AvgIpc) is 2.55. The van der Waals surface area contributed by atoms with E-state index in [0.29, 0.717) is 0 Å². The van der Waals surface area contributed by atoms with Gasteiger partial charge in [0.15, 0.2) is 5.57 Å². The van der Waals surface area contributed by atoms with Crippen LogP contribution in [0.15, 0.2) is 76.2 Å². The first-order valence-corrected chi connectivity index (χ1v) is 8.51. The highest BCUT2D eigenvalue weighted by Gasteiger charge is 2.38. The second kappa shape index (κ2) is 7.03. The van der Waals surface area contributed by atoms with Crippen LogP contribution in [0.4, 0.5) is 5.69 Å². The fourth-order valence-corrected chi connectivity index (χ4v) is 3.15. The van der Waals surface area contributed by atoms with Gasteiger partial charge in [0, 0.05) is 29.8 Å². The van der Waals surface area contributed by atoms with Gasteiger partial charge in [-0.1, -0.05) is 42.1 Å². The number of benzene rings is 2. The third kappa shape index (κ3) is 4.22. The van der Waals surface area contributed by atoms with Gasteiger partial charge >= 0.3 is 11.9 Å². The first kappa shape index (κ1) is 17.1. The molecule has 0 unspecified atom stereocenters. The van der Waals surface area contributed by atoms with Crippen LogP contribution in [0, 0.1) is 0 Å². The number of hydrogen-bond donors (Lipinski definition) is 1. The highest BCUT2D eigenvalue weighted by Crippen LogP contribution is 2.33. The molecule has 3 rings (SSSR count). The highest BCUT2D eigenvalue weighted by atomic mass is 32.2. The molecule has 1 fully saturated rings. The van der Waals surface area contributed by atoms with E-state index >= 15 is 0 Å². The quantitative estimate of drug-likeness (QED) is 0.509. The lowest BCUT2D eigenvalue weighted by molar-refractivity contribution is -0.222. The summed E-state index contributed by atoms with van der Waals surface area (Å²) in [7, 11) is 0. The van der Waals surface area contributed by atoms with Crippen LogP contribution in [0.3, 0.4) is 0 Å². The van der Waals surface area contributed by atoms with E-state index in [1.54, 1.807) is 11.8 Å². The van der Waals surface area contributed by atoms with Crippen molar-refractivity contribution < 1.29 is 19.1 Å². The lowest BCUT2D eigenvalue weighted by atomic mass is 10.2. The molecule has 1 heterocycles. The van der Waals surface area contributed by atoms with Crippen molar-refractivity contribution in [1.29, 1.82) is 0 Å². The molecule has 0 saturated carbocycles. The molecular weight excluding hydrogens is 338 g/mol. The van der Waals surface area contributed by atoms with Crippen molar-refractivity contribution in [1.82, 2.24) is 0 Å². The molecule has 1 N–H and O–H groups in total. The van der Waals surface area contributed by atoms with Gasteiger partial charge in [-0.05, 0) is 24.3 Å². The molecule has 1 saturated heterocycles. The molecule has 5 nitrogen and oxygen atoms in total. The number of carbonyl (C=O) groups excluding carboxylic acids is 2. The number of para-hydroxylation sites is 1. The van der Waals surface area contributed by atoms with Crippen molar-refractivity contribution in [2.75, 3.05) is 5.32 Å². The van der Waals surface area contributed by atoms with E-state index in [0.717, 1.165) is 15.5 Å². The summed E-state index contributed by atoms with van der Waals surface area (Å²) in [4.78, 5) is 26.0. The van der Waals surface area contributed by atoms with Crippen molar-refractivity contribution in [2.24, 2.45) is 0 Å². The lowest BCUT2D eigenvalue weighted by Crippen LogP contribution is -2.42. The van der Waals surface area contributed by atoms with Crippen LogP contribution in [0.25, 0.3) is 0 Å². The zero-order chi connectivity index (χ0) is 17.9. The summed E-state index contributed by atoms with van der Waals surface area (Å²) in [6.07, 6.45) is 1.32. The molecule has 0 radical (unpaired) electrons. The van der Waals surface area contributed by atoms with Crippen molar-refractivity contribution in [3.05, 3.63) is 66.4 Å². The second-order valence-electron chi connectivity index (χ2n) is 5.79. The Morgan fingerprint density at radius 1 is 0.920 bits per heavy atom. The van der Waals surface area contributed by atoms with Gasteiger partial charge in [-0.25, -0.2) is 9.59 Å². The molecule has 0 atom stereocenters. The van der Waals surface area contributed by atoms with Gasteiger partial charge in [-0.3, -0.25) is 0 Å². The third-order valence-electron chi connectivity index (χ3n) is 3.35. The summed E-state index contributed by atoms with van der Waals surface area (Å²) in [6, 6.07) is 17.5. The summed E-state index contributed by atoms with van der Waals surface area (Å²) < 4.78 is 10.2. The van der Waals surface area contributed by atoms with E-state index in [4.69, 9.17) is 9.47 Å². The molecule has 0 bridgehead atoms. The number of hydrogen-bond acceptors (Lipinski definition) is 6. The number of ether oxygens (including phenoxy) is 2. The molecule has 2 aromatic carbocycles. The predicted molar refractivity (Wildman–Crippen MR) is 95.0 cm³/mol. The molecule has 2 aromatic rings. The number of anilines is 1. The summed E-state index contributed by atoms with van der Waals surface area (Å²) in [5.74, 6) is -2.66. The summed E-state index contributed by atoms with van der Waals surface area (Å²) in [6.45, 7) is 3.03. The molecule has 6 heteroatoms. The monoisotopic (exact) mass is 355 g/mol. The Morgan fingerprint density at radius 2 is 1.52 bits per heavy atom. The minimum Gasteiger partial charge on any atom is -0.419 e. The number of nitrogens with one attached hydrogen (secondary N) is 1. The van der Waals surface area contributed by atoms with Crippen molar-refractivity contribution in [3.8, 4) is 0 Å². The molecule has 25 heavy (non-hydrogen) atoms. The second-order valence-corrected chi connectivity index (χ2v) is 6.91. The smallest absolute Gasteiger partial charge is 0.350 e. The SMILES string of the molecule is CC1(C)OC(=O)C(=CNc2ccccc2Sc2ccccc2)C(=O)O1. The van der Waals surface area contributed by atoms with E-state index in [1.807, 2.05) is 54.6 Å². The van der Waals surface area contributed by atoms with Crippen LogP contribution in [0.1, 0.15) is 13.8 Å². The van der Waals surface area contributed by atoms with E-state index in [1.165, 1.54) is 20.0 Å². The van der Waals surface area contributed by atoms with Crippen LogP contribution in [-0.4, -0.2) is 17.7 Å². The Hall–Kier alpha value is -2.73. The first-order chi connectivity index (χ1) is 11.9. The maximum atomic E-state index is 12.0. The largest absolute Gasteiger partial charge is 0.419 e. The van der Waals surface area contributed by atoms with Crippen LogP contribution in [-0.2, 0) is 19.1 Å². The van der Waals surface area contributed by atoms with E-state index in [9.17, 15) is 9.59 Å². The molecular formula is C19H17NO4S.